The Hall–Kier alpha value is -2.40. The third-order valence-electron chi connectivity index (χ3n) is 3.58. The number of aryl methyl sites for hydroxylation is 2. The molecule has 5 heteroatoms. The summed E-state index contributed by atoms with van der Waals surface area (Å²) >= 11 is 0. The quantitative estimate of drug-likeness (QED) is 0.898. The van der Waals surface area contributed by atoms with Gasteiger partial charge in [0.15, 0.2) is 0 Å². The lowest BCUT2D eigenvalue weighted by molar-refractivity contribution is 0.0997. The molecule has 1 aromatic carbocycles. The molecule has 0 saturated heterocycles. The van der Waals surface area contributed by atoms with E-state index in [1.165, 1.54) is 0 Å². The summed E-state index contributed by atoms with van der Waals surface area (Å²) in [5, 5.41) is 9.15. The molecule has 1 aromatic heterocycles. The highest BCUT2D eigenvalue weighted by atomic mass is 16.5. The molecule has 1 aliphatic carbocycles. The Morgan fingerprint density at radius 3 is 2.95 bits per heavy atom. The second kappa shape index (κ2) is 5.54. The topological polar surface area (TPSA) is 85.4 Å². The van der Waals surface area contributed by atoms with Gasteiger partial charge in [0, 0.05) is 5.69 Å². The van der Waals surface area contributed by atoms with E-state index in [0.717, 1.165) is 36.1 Å². The van der Waals surface area contributed by atoms with Gasteiger partial charge in [0.2, 0.25) is 5.88 Å². The lowest BCUT2D eigenvalue weighted by atomic mass is 10.1. The number of hydrogen-bond acceptors (Lipinski definition) is 4. The van der Waals surface area contributed by atoms with Gasteiger partial charge in [-0.25, -0.2) is 4.98 Å². The van der Waals surface area contributed by atoms with Crippen LogP contribution in [-0.2, 0) is 19.4 Å². The fourth-order valence-corrected chi connectivity index (χ4v) is 2.53. The molecule has 1 heterocycles. The van der Waals surface area contributed by atoms with Crippen molar-refractivity contribution in [3.8, 4) is 11.6 Å². The highest BCUT2D eigenvalue weighted by molar-refractivity contribution is 5.95. The minimum atomic E-state index is -0.550. The number of aliphatic hydroxyl groups is 1. The zero-order valence-electron chi connectivity index (χ0n) is 11.5. The molecule has 3 N–H and O–H groups in total. The number of carbonyl (C=O) groups is 1. The fraction of sp³-hybridized carbons (Fsp3) is 0.250. The van der Waals surface area contributed by atoms with Gasteiger partial charge in [-0.3, -0.25) is 4.79 Å². The SMILES string of the molecule is NC(=O)c1cc2c(nc1Oc1cccc(CO)c1)CCC2. The Kier molecular flexibility index (Phi) is 3.58. The van der Waals surface area contributed by atoms with Crippen molar-refractivity contribution in [2.24, 2.45) is 5.73 Å². The molecular weight excluding hydrogens is 268 g/mol. The molecule has 1 amide bonds. The normalized spacial score (nSPS) is 13.0. The Morgan fingerprint density at radius 1 is 1.33 bits per heavy atom. The molecule has 0 aliphatic heterocycles. The summed E-state index contributed by atoms with van der Waals surface area (Å²) in [4.78, 5) is 16.0. The van der Waals surface area contributed by atoms with Crippen molar-refractivity contribution in [1.29, 1.82) is 0 Å². The van der Waals surface area contributed by atoms with Crippen molar-refractivity contribution in [1.82, 2.24) is 4.98 Å². The molecule has 0 atom stereocenters. The number of nitrogens with zero attached hydrogens (tertiary/aromatic N) is 1. The second-order valence-electron chi connectivity index (χ2n) is 5.07. The van der Waals surface area contributed by atoms with Gasteiger partial charge in [0.05, 0.1) is 6.61 Å². The average Bonchev–Trinajstić information content (AvgIpc) is 2.93. The first-order valence-corrected chi connectivity index (χ1v) is 6.87. The summed E-state index contributed by atoms with van der Waals surface area (Å²) in [6, 6.07) is 8.80. The van der Waals surface area contributed by atoms with Gasteiger partial charge in [-0.05, 0) is 48.6 Å². The number of amides is 1. The molecule has 21 heavy (non-hydrogen) atoms. The third-order valence-corrected chi connectivity index (χ3v) is 3.58. The maximum absolute atomic E-state index is 11.6. The number of rotatable bonds is 4. The van der Waals surface area contributed by atoms with E-state index in [1.54, 1.807) is 30.3 Å². The Balaban J connectivity index is 1.99. The van der Waals surface area contributed by atoms with Crippen molar-refractivity contribution < 1.29 is 14.6 Å². The van der Waals surface area contributed by atoms with Crippen LogP contribution in [0.4, 0.5) is 0 Å². The number of ether oxygens (including phenoxy) is 1. The number of aliphatic hydroxyl groups excluding tert-OH is 1. The molecule has 0 bridgehead atoms. The van der Waals surface area contributed by atoms with E-state index >= 15 is 0 Å². The number of carbonyl (C=O) groups excluding carboxylic acids is 1. The minimum Gasteiger partial charge on any atom is -0.438 e. The number of aromatic nitrogens is 1. The molecule has 0 spiro atoms. The van der Waals surface area contributed by atoms with E-state index in [9.17, 15) is 4.79 Å². The van der Waals surface area contributed by atoms with E-state index in [-0.39, 0.29) is 12.5 Å². The van der Waals surface area contributed by atoms with Crippen LogP contribution in [0.2, 0.25) is 0 Å². The Labute approximate surface area is 122 Å². The van der Waals surface area contributed by atoms with Gasteiger partial charge in [-0.2, -0.15) is 0 Å². The average molecular weight is 284 g/mol. The predicted molar refractivity (Wildman–Crippen MR) is 77.2 cm³/mol. The smallest absolute Gasteiger partial charge is 0.254 e. The molecule has 5 nitrogen and oxygen atoms in total. The standard InChI is InChI=1S/C16H16N2O3/c17-15(20)13-8-11-4-2-6-14(11)18-16(13)21-12-5-1-3-10(7-12)9-19/h1,3,5,7-8,19H,2,4,6,9H2,(H2,17,20). The first kappa shape index (κ1) is 13.6. The van der Waals surface area contributed by atoms with Crippen LogP contribution in [0.15, 0.2) is 30.3 Å². The van der Waals surface area contributed by atoms with Gasteiger partial charge < -0.3 is 15.6 Å². The van der Waals surface area contributed by atoms with E-state index in [4.69, 9.17) is 15.6 Å². The monoisotopic (exact) mass is 284 g/mol. The van der Waals surface area contributed by atoms with Crippen molar-refractivity contribution in [3.05, 3.63) is 52.7 Å². The maximum Gasteiger partial charge on any atom is 0.254 e. The number of pyridine rings is 1. The van der Waals surface area contributed by atoms with Crippen molar-refractivity contribution in [2.75, 3.05) is 0 Å². The lowest BCUT2D eigenvalue weighted by Crippen LogP contribution is -2.14. The van der Waals surface area contributed by atoms with Crippen LogP contribution in [-0.4, -0.2) is 16.0 Å². The van der Waals surface area contributed by atoms with Crippen LogP contribution in [0, 0.1) is 0 Å². The number of primary amides is 1. The number of hydrogen-bond donors (Lipinski definition) is 2. The van der Waals surface area contributed by atoms with Crippen LogP contribution in [0.5, 0.6) is 11.6 Å². The van der Waals surface area contributed by atoms with Crippen LogP contribution in [0.3, 0.4) is 0 Å². The molecule has 2 aromatic rings. The summed E-state index contributed by atoms with van der Waals surface area (Å²) in [6.07, 6.45) is 2.84. The molecule has 0 saturated carbocycles. The largest absolute Gasteiger partial charge is 0.438 e. The highest BCUT2D eigenvalue weighted by Crippen LogP contribution is 2.29. The van der Waals surface area contributed by atoms with Crippen LogP contribution >= 0.6 is 0 Å². The molecule has 0 fully saturated rings. The number of fused-ring (bicyclic) bond motifs is 1. The molecule has 3 rings (SSSR count). The molecular formula is C16H16N2O3. The summed E-state index contributed by atoms with van der Waals surface area (Å²) in [7, 11) is 0. The molecule has 0 radical (unpaired) electrons. The van der Waals surface area contributed by atoms with E-state index in [1.807, 2.05) is 0 Å². The number of nitrogens with two attached hydrogens (primary N) is 1. The molecule has 1 aliphatic rings. The van der Waals surface area contributed by atoms with Crippen molar-refractivity contribution in [3.63, 3.8) is 0 Å². The van der Waals surface area contributed by atoms with Gasteiger partial charge in [-0.1, -0.05) is 12.1 Å². The second-order valence-corrected chi connectivity index (χ2v) is 5.07. The van der Waals surface area contributed by atoms with E-state index in [0.29, 0.717) is 11.3 Å². The lowest BCUT2D eigenvalue weighted by Gasteiger charge is -2.11. The zero-order valence-corrected chi connectivity index (χ0v) is 11.5. The Bertz CT molecular complexity index is 698. The first-order valence-electron chi connectivity index (χ1n) is 6.87. The first-order chi connectivity index (χ1) is 10.2. The summed E-state index contributed by atoms with van der Waals surface area (Å²) in [6.45, 7) is -0.0719. The van der Waals surface area contributed by atoms with Crippen molar-refractivity contribution >= 4 is 5.91 Å². The van der Waals surface area contributed by atoms with E-state index < -0.39 is 5.91 Å². The number of benzene rings is 1. The summed E-state index contributed by atoms with van der Waals surface area (Å²) in [5.74, 6) is 0.207. The van der Waals surface area contributed by atoms with Crippen LogP contribution < -0.4 is 10.5 Å². The van der Waals surface area contributed by atoms with E-state index in [2.05, 4.69) is 4.98 Å². The summed E-state index contributed by atoms with van der Waals surface area (Å²) in [5.41, 5.74) is 8.48. The molecule has 0 unspecified atom stereocenters. The molecule has 108 valence electrons. The fourth-order valence-electron chi connectivity index (χ4n) is 2.53. The maximum atomic E-state index is 11.6. The van der Waals surface area contributed by atoms with Gasteiger partial charge >= 0.3 is 0 Å². The van der Waals surface area contributed by atoms with Gasteiger partial charge in [0.25, 0.3) is 5.91 Å². The summed E-state index contributed by atoms with van der Waals surface area (Å²) < 4.78 is 5.72. The van der Waals surface area contributed by atoms with Crippen LogP contribution in [0.1, 0.15) is 33.6 Å². The van der Waals surface area contributed by atoms with Gasteiger partial charge in [-0.15, -0.1) is 0 Å². The van der Waals surface area contributed by atoms with Crippen LogP contribution in [0.25, 0.3) is 0 Å². The minimum absolute atomic E-state index is 0.0719. The predicted octanol–water partition coefficient (Wildman–Crippen LogP) is 1.95. The highest BCUT2D eigenvalue weighted by Gasteiger charge is 2.20. The van der Waals surface area contributed by atoms with Gasteiger partial charge in [0.1, 0.15) is 11.3 Å². The Morgan fingerprint density at radius 2 is 2.19 bits per heavy atom. The zero-order chi connectivity index (χ0) is 14.8. The third kappa shape index (κ3) is 2.73. The van der Waals surface area contributed by atoms with Crippen molar-refractivity contribution in [2.45, 2.75) is 25.9 Å².